The van der Waals surface area contributed by atoms with Crippen molar-refractivity contribution in [3.05, 3.63) is 271 Å². The highest BCUT2D eigenvalue weighted by molar-refractivity contribution is 7.25. The fraction of sp³-hybridized carbons (Fsp3) is 0.0143. The molecule has 4 nitrogen and oxygen atoms in total. The van der Waals surface area contributed by atoms with Crippen molar-refractivity contribution in [3.8, 4) is 89.8 Å². The lowest BCUT2D eigenvalue weighted by Crippen LogP contribution is -2.25. The van der Waals surface area contributed by atoms with Crippen molar-refractivity contribution in [1.82, 2.24) is 15.0 Å². The number of fused-ring (bicyclic) bond motifs is 16. The van der Waals surface area contributed by atoms with Gasteiger partial charge >= 0.3 is 0 Å². The molecule has 348 valence electrons. The van der Waals surface area contributed by atoms with Gasteiger partial charge in [0.15, 0.2) is 17.5 Å². The standard InChI is InChI=1S/C70H41N3OS/c1-2-14-42(15-3-1)43-30-34-46(35-31-43)67-71-68(48-37-39-64-55(41-48)52-18-7-11-27-63(52)75-64)73-69(72-67)54-21-13-26-62-66(54)56-40-47(36-38-61(56)74-62)44-28-32-45(33-29-44)49-20-12-25-60-65(49)53-19-6-10-24-59(53)70(60)57-22-8-4-16-50(57)51-17-5-9-23-58(51)70/h1-41H. The lowest BCUT2D eigenvalue weighted by molar-refractivity contribution is 0.669. The fourth-order valence-corrected chi connectivity index (χ4v) is 13.6. The minimum atomic E-state index is -0.386. The van der Waals surface area contributed by atoms with E-state index in [1.54, 1.807) is 11.3 Å². The van der Waals surface area contributed by atoms with E-state index in [2.05, 4.69) is 231 Å². The van der Waals surface area contributed by atoms with Crippen molar-refractivity contribution >= 4 is 53.4 Å². The van der Waals surface area contributed by atoms with E-state index in [0.717, 1.165) is 60.9 Å². The van der Waals surface area contributed by atoms with Crippen molar-refractivity contribution < 1.29 is 4.42 Å². The topological polar surface area (TPSA) is 51.8 Å². The normalized spacial score (nSPS) is 12.9. The quantitative estimate of drug-likeness (QED) is 0.167. The molecule has 1 spiro atoms. The number of benzene rings is 11. The van der Waals surface area contributed by atoms with Crippen molar-refractivity contribution in [2.45, 2.75) is 5.41 Å². The first kappa shape index (κ1) is 42.0. The van der Waals surface area contributed by atoms with Gasteiger partial charge in [-0.05, 0) is 120 Å². The second kappa shape index (κ2) is 16.2. The third kappa shape index (κ3) is 6.26. The number of hydrogen-bond acceptors (Lipinski definition) is 5. The van der Waals surface area contributed by atoms with Crippen molar-refractivity contribution in [1.29, 1.82) is 0 Å². The average molecular weight is 972 g/mol. The van der Waals surface area contributed by atoms with E-state index in [9.17, 15) is 0 Å². The van der Waals surface area contributed by atoms with Crippen LogP contribution in [0.5, 0.6) is 0 Å². The Hall–Kier alpha value is -9.55. The number of rotatable bonds is 6. The maximum absolute atomic E-state index is 6.63. The van der Waals surface area contributed by atoms with Gasteiger partial charge in [-0.2, -0.15) is 0 Å². The van der Waals surface area contributed by atoms with Gasteiger partial charge in [0, 0.05) is 47.6 Å². The zero-order chi connectivity index (χ0) is 49.2. The van der Waals surface area contributed by atoms with Crippen LogP contribution in [0.1, 0.15) is 22.3 Å². The number of furan rings is 1. The first-order chi connectivity index (χ1) is 37.2. The van der Waals surface area contributed by atoms with Gasteiger partial charge in [0.25, 0.3) is 0 Å². The molecule has 0 bridgehead atoms. The van der Waals surface area contributed by atoms with Crippen LogP contribution >= 0.6 is 11.3 Å². The zero-order valence-corrected chi connectivity index (χ0v) is 41.1. The second-order valence-electron chi connectivity index (χ2n) is 19.7. The monoisotopic (exact) mass is 971 g/mol. The van der Waals surface area contributed by atoms with Gasteiger partial charge < -0.3 is 4.42 Å². The van der Waals surface area contributed by atoms with Crippen molar-refractivity contribution in [2.24, 2.45) is 0 Å². The molecule has 0 fully saturated rings. The summed E-state index contributed by atoms with van der Waals surface area (Å²) in [5.74, 6) is 1.81. The van der Waals surface area contributed by atoms with Gasteiger partial charge in [-0.25, -0.2) is 15.0 Å². The van der Waals surface area contributed by atoms with Gasteiger partial charge in [-0.1, -0.05) is 206 Å². The molecule has 0 atom stereocenters. The molecule has 2 aliphatic carbocycles. The Morgan fingerprint density at radius 2 is 0.800 bits per heavy atom. The molecule has 0 saturated carbocycles. The first-order valence-corrected chi connectivity index (χ1v) is 26.3. The Labute approximate surface area is 436 Å². The Kier molecular flexibility index (Phi) is 9.09. The van der Waals surface area contributed by atoms with Crippen molar-refractivity contribution in [3.63, 3.8) is 0 Å². The number of hydrogen-bond donors (Lipinski definition) is 0. The first-order valence-electron chi connectivity index (χ1n) is 25.5. The van der Waals surface area contributed by atoms with Gasteiger partial charge in [0.2, 0.25) is 0 Å². The highest BCUT2D eigenvalue weighted by Gasteiger charge is 2.52. The maximum Gasteiger partial charge on any atom is 0.164 e. The largest absolute Gasteiger partial charge is 0.456 e. The van der Waals surface area contributed by atoms with Gasteiger partial charge in [0.1, 0.15) is 11.2 Å². The van der Waals surface area contributed by atoms with Gasteiger partial charge in [0.05, 0.1) is 5.41 Å². The summed E-state index contributed by atoms with van der Waals surface area (Å²) >= 11 is 1.81. The fourth-order valence-electron chi connectivity index (χ4n) is 12.5. The van der Waals surface area contributed by atoms with Gasteiger partial charge in [-0.15, -0.1) is 11.3 Å². The molecule has 11 aromatic carbocycles. The van der Waals surface area contributed by atoms with E-state index < -0.39 is 0 Å². The predicted octanol–water partition coefficient (Wildman–Crippen LogP) is 18.5. The minimum Gasteiger partial charge on any atom is -0.456 e. The molecular formula is C70H41N3OS. The van der Waals surface area contributed by atoms with E-state index in [0.29, 0.717) is 17.5 Å². The highest BCUT2D eigenvalue weighted by Crippen LogP contribution is 2.64. The van der Waals surface area contributed by atoms with Gasteiger partial charge in [-0.3, -0.25) is 0 Å². The second-order valence-corrected chi connectivity index (χ2v) is 20.8. The smallest absolute Gasteiger partial charge is 0.164 e. The molecule has 0 amide bonds. The summed E-state index contributed by atoms with van der Waals surface area (Å²) in [4.78, 5) is 15.8. The molecule has 75 heavy (non-hydrogen) atoms. The maximum atomic E-state index is 6.63. The van der Waals surface area contributed by atoms with E-state index in [-0.39, 0.29) is 5.41 Å². The van der Waals surface area contributed by atoms with Crippen LogP contribution in [-0.4, -0.2) is 15.0 Å². The summed E-state index contributed by atoms with van der Waals surface area (Å²) in [6.07, 6.45) is 0. The minimum absolute atomic E-state index is 0.386. The van der Waals surface area contributed by atoms with Crippen molar-refractivity contribution in [2.75, 3.05) is 0 Å². The molecule has 14 aromatic rings. The summed E-state index contributed by atoms with van der Waals surface area (Å²) in [6, 6.07) is 89.8. The lowest BCUT2D eigenvalue weighted by atomic mass is 9.70. The highest BCUT2D eigenvalue weighted by atomic mass is 32.1. The lowest BCUT2D eigenvalue weighted by Gasteiger charge is -2.30. The molecule has 0 aliphatic heterocycles. The molecule has 0 radical (unpaired) electrons. The SMILES string of the molecule is c1ccc(-c2ccc(-c3nc(-c4ccc5sc6ccccc6c5c4)nc(-c4cccc5oc6ccc(-c7ccc(-c8cccc9c8-c8ccccc8C98c9ccccc9-c9ccccc98)cc7)cc6c45)n3)cc2)cc1. The summed E-state index contributed by atoms with van der Waals surface area (Å²) in [5.41, 5.74) is 21.5. The predicted molar refractivity (Wildman–Crippen MR) is 309 cm³/mol. The Morgan fingerprint density at radius 3 is 1.57 bits per heavy atom. The number of nitrogens with zero attached hydrogens (tertiary/aromatic N) is 3. The Balaban J connectivity index is 0.812. The van der Waals surface area contributed by atoms with E-state index in [4.69, 9.17) is 19.4 Å². The van der Waals surface area contributed by atoms with E-state index in [1.807, 2.05) is 18.2 Å². The Bertz CT molecular complexity index is 4600. The molecule has 2 aliphatic rings. The van der Waals surface area contributed by atoms with Crippen LogP contribution in [0.4, 0.5) is 0 Å². The molecular weight excluding hydrogens is 931 g/mol. The summed E-state index contributed by atoms with van der Waals surface area (Å²) in [6.45, 7) is 0. The van der Waals surface area contributed by atoms with E-state index >= 15 is 0 Å². The van der Waals surface area contributed by atoms with Crippen LogP contribution in [0.2, 0.25) is 0 Å². The summed E-state index contributed by atoms with van der Waals surface area (Å²) in [5, 5.41) is 4.40. The van der Waals surface area contributed by atoms with Crippen LogP contribution in [0, 0.1) is 0 Å². The molecule has 16 rings (SSSR count). The number of aromatic nitrogens is 3. The average Bonchev–Trinajstić information content (AvgIpc) is 4.23. The van der Waals surface area contributed by atoms with E-state index in [1.165, 1.54) is 75.8 Å². The summed E-state index contributed by atoms with van der Waals surface area (Å²) < 4.78 is 9.12. The Morgan fingerprint density at radius 1 is 0.293 bits per heavy atom. The summed E-state index contributed by atoms with van der Waals surface area (Å²) in [7, 11) is 0. The van der Waals surface area contributed by atoms with Crippen LogP contribution < -0.4 is 0 Å². The molecule has 5 heteroatoms. The molecule has 0 unspecified atom stereocenters. The molecule has 0 saturated heterocycles. The third-order valence-corrected chi connectivity index (χ3v) is 17.0. The molecule has 3 heterocycles. The molecule has 3 aromatic heterocycles. The van der Waals surface area contributed by atoms with Crippen LogP contribution in [0.25, 0.3) is 132 Å². The zero-order valence-electron chi connectivity index (χ0n) is 40.3. The molecule has 0 N–H and O–H groups in total. The number of thiophene rings is 1. The van der Waals surface area contributed by atoms with Crippen LogP contribution in [-0.2, 0) is 5.41 Å². The van der Waals surface area contributed by atoms with Crippen LogP contribution in [0.15, 0.2) is 253 Å². The van der Waals surface area contributed by atoms with Crippen LogP contribution in [0.3, 0.4) is 0 Å². The third-order valence-electron chi connectivity index (χ3n) is 15.8.